The monoisotopic (exact) mass is 370 g/mol. The van der Waals surface area contributed by atoms with Crippen LogP contribution in [0, 0.1) is 0 Å². The molecule has 0 aliphatic carbocycles. The second-order valence-corrected chi connectivity index (χ2v) is 6.86. The molecule has 7 heteroatoms. The summed E-state index contributed by atoms with van der Waals surface area (Å²) in [7, 11) is 3.53. The van der Waals surface area contributed by atoms with E-state index >= 15 is 0 Å². The fourth-order valence-electron chi connectivity index (χ4n) is 3.62. The Morgan fingerprint density at radius 1 is 1.26 bits per heavy atom. The number of para-hydroxylation sites is 1. The maximum absolute atomic E-state index is 5.97. The number of hydrogen-bond donors (Lipinski definition) is 1. The van der Waals surface area contributed by atoms with Crippen LogP contribution in [-0.4, -0.2) is 50.5 Å². The molecule has 0 radical (unpaired) electrons. The molecule has 2 aliphatic heterocycles. The highest BCUT2D eigenvalue weighted by atomic mass is 16.5. The summed E-state index contributed by atoms with van der Waals surface area (Å²) in [5.41, 5.74) is 2.15. The minimum Gasteiger partial charge on any atom is -0.493 e. The molecule has 1 atom stereocenters. The number of fused-ring (bicyclic) bond motifs is 1. The van der Waals surface area contributed by atoms with Crippen LogP contribution in [0.2, 0.25) is 0 Å². The summed E-state index contributed by atoms with van der Waals surface area (Å²) in [5.74, 6) is 3.53. The number of nitrogens with one attached hydrogen (secondary N) is 1. The molecule has 3 heterocycles. The SMILES string of the molecule is CNc1nc(C2CCOC2)cc(N2CCCOc3c(cccc3OC)C2)n1. The lowest BCUT2D eigenvalue weighted by molar-refractivity contribution is 0.193. The number of aromatic nitrogens is 2. The van der Waals surface area contributed by atoms with Gasteiger partial charge in [-0.3, -0.25) is 0 Å². The van der Waals surface area contributed by atoms with Gasteiger partial charge in [0.1, 0.15) is 5.82 Å². The number of methoxy groups -OCH3 is 1. The molecular formula is C20H26N4O3. The first-order valence-electron chi connectivity index (χ1n) is 9.46. The van der Waals surface area contributed by atoms with E-state index in [2.05, 4.69) is 27.3 Å². The Morgan fingerprint density at radius 2 is 2.19 bits per heavy atom. The smallest absolute Gasteiger partial charge is 0.224 e. The average Bonchev–Trinajstić information content (AvgIpc) is 3.22. The van der Waals surface area contributed by atoms with Crippen molar-refractivity contribution in [1.82, 2.24) is 9.97 Å². The maximum Gasteiger partial charge on any atom is 0.224 e. The Morgan fingerprint density at radius 3 is 2.96 bits per heavy atom. The zero-order chi connectivity index (χ0) is 18.6. The summed E-state index contributed by atoms with van der Waals surface area (Å²) in [4.78, 5) is 11.7. The van der Waals surface area contributed by atoms with Gasteiger partial charge < -0.3 is 24.4 Å². The lowest BCUT2D eigenvalue weighted by Crippen LogP contribution is -2.29. The first kappa shape index (κ1) is 17.9. The molecule has 0 bridgehead atoms. The number of anilines is 2. The molecule has 144 valence electrons. The van der Waals surface area contributed by atoms with Crippen molar-refractivity contribution < 1.29 is 14.2 Å². The van der Waals surface area contributed by atoms with Crippen LogP contribution < -0.4 is 19.7 Å². The number of hydrogen-bond acceptors (Lipinski definition) is 7. The van der Waals surface area contributed by atoms with Crippen LogP contribution in [0.4, 0.5) is 11.8 Å². The summed E-state index contributed by atoms with van der Waals surface area (Å²) < 4.78 is 17.0. The molecule has 0 amide bonds. The van der Waals surface area contributed by atoms with Crippen molar-refractivity contribution in [1.29, 1.82) is 0 Å². The van der Waals surface area contributed by atoms with Crippen molar-refractivity contribution >= 4 is 11.8 Å². The van der Waals surface area contributed by atoms with Crippen LogP contribution in [0.25, 0.3) is 0 Å². The van der Waals surface area contributed by atoms with Gasteiger partial charge in [0.15, 0.2) is 11.5 Å². The predicted molar refractivity (Wildman–Crippen MR) is 104 cm³/mol. The average molecular weight is 370 g/mol. The van der Waals surface area contributed by atoms with Crippen LogP contribution >= 0.6 is 0 Å². The summed E-state index contributed by atoms with van der Waals surface area (Å²) in [6, 6.07) is 8.14. The lowest BCUT2D eigenvalue weighted by Gasteiger charge is -2.28. The van der Waals surface area contributed by atoms with Gasteiger partial charge in [-0.25, -0.2) is 4.98 Å². The molecule has 0 spiro atoms. The van der Waals surface area contributed by atoms with Crippen molar-refractivity contribution in [3.8, 4) is 11.5 Å². The van der Waals surface area contributed by atoms with Gasteiger partial charge >= 0.3 is 0 Å². The van der Waals surface area contributed by atoms with Gasteiger partial charge in [0.05, 0.1) is 26.0 Å². The molecule has 2 aliphatic rings. The van der Waals surface area contributed by atoms with Crippen molar-refractivity contribution in [2.75, 3.05) is 50.7 Å². The van der Waals surface area contributed by atoms with Gasteiger partial charge in [-0.05, 0) is 18.9 Å². The lowest BCUT2D eigenvalue weighted by atomic mass is 10.0. The highest BCUT2D eigenvalue weighted by molar-refractivity contribution is 5.51. The Labute approximate surface area is 159 Å². The summed E-state index contributed by atoms with van der Waals surface area (Å²) in [5, 5.41) is 3.10. The first-order valence-corrected chi connectivity index (χ1v) is 9.46. The van der Waals surface area contributed by atoms with E-state index < -0.39 is 0 Å². The molecule has 4 rings (SSSR count). The fraction of sp³-hybridized carbons (Fsp3) is 0.500. The molecule has 1 saturated heterocycles. The normalized spacial score (nSPS) is 19.6. The molecule has 7 nitrogen and oxygen atoms in total. The topological polar surface area (TPSA) is 68.7 Å². The maximum atomic E-state index is 5.97. The Hall–Kier alpha value is -2.54. The van der Waals surface area contributed by atoms with Crippen molar-refractivity contribution in [3.63, 3.8) is 0 Å². The van der Waals surface area contributed by atoms with E-state index in [4.69, 9.17) is 19.2 Å². The molecule has 27 heavy (non-hydrogen) atoms. The summed E-state index contributed by atoms with van der Waals surface area (Å²) >= 11 is 0. The van der Waals surface area contributed by atoms with Gasteiger partial charge in [-0.2, -0.15) is 4.98 Å². The molecule has 1 aromatic heterocycles. The third-order valence-electron chi connectivity index (χ3n) is 5.09. The molecule has 1 N–H and O–H groups in total. The zero-order valence-electron chi connectivity index (χ0n) is 15.9. The molecule has 0 saturated carbocycles. The number of rotatable bonds is 4. The molecule has 2 aromatic rings. The highest BCUT2D eigenvalue weighted by Gasteiger charge is 2.23. The zero-order valence-corrected chi connectivity index (χ0v) is 15.9. The van der Waals surface area contributed by atoms with E-state index in [1.807, 2.05) is 19.2 Å². The van der Waals surface area contributed by atoms with Crippen molar-refractivity contribution in [2.24, 2.45) is 0 Å². The third kappa shape index (κ3) is 3.78. The Bertz CT molecular complexity index is 793. The summed E-state index contributed by atoms with van der Waals surface area (Å²) in [6.45, 7) is 3.77. The van der Waals surface area contributed by atoms with Crippen molar-refractivity contribution in [3.05, 3.63) is 35.5 Å². The van der Waals surface area contributed by atoms with Crippen LogP contribution in [0.5, 0.6) is 11.5 Å². The van der Waals surface area contributed by atoms with E-state index in [9.17, 15) is 0 Å². The Kier molecular flexibility index (Phi) is 5.29. The van der Waals surface area contributed by atoms with Crippen LogP contribution in [-0.2, 0) is 11.3 Å². The van der Waals surface area contributed by atoms with E-state index in [1.165, 1.54) is 0 Å². The molecule has 1 fully saturated rings. The number of benzene rings is 1. The third-order valence-corrected chi connectivity index (χ3v) is 5.09. The minimum atomic E-state index is 0.337. The van der Waals surface area contributed by atoms with Gasteiger partial charge in [-0.1, -0.05) is 12.1 Å². The molecule has 1 unspecified atom stereocenters. The van der Waals surface area contributed by atoms with E-state index in [1.54, 1.807) is 7.11 Å². The second kappa shape index (κ2) is 8.00. The van der Waals surface area contributed by atoms with E-state index in [-0.39, 0.29) is 0 Å². The minimum absolute atomic E-state index is 0.337. The fourth-order valence-corrected chi connectivity index (χ4v) is 3.62. The molecule has 1 aromatic carbocycles. The quantitative estimate of drug-likeness (QED) is 0.887. The largest absolute Gasteiger partial charge is 0.493 e. The Balaban J connectivity index is 1.68. The first-order chi connectivity index (χ1) is 13.3. The van der Waals surface area contributed by atoms with Crippen molar-refractivity contribution in [2.45, 2.75) is 25.3 Å². The number of ether oxygens (including phenoxy) is 3. The van der Waals surface area contributed by atoms with Gasteiger partial charge in [-0.15, -0.1) is 0 Å². The second-order valence-electron chi connectivity index (χ2n) is 6.86. The molecular weight excluding hydrogens is 344 g/mol. The van der Waals surface area contributed by atoms with Gasteiger partial charge in [0, 0.05) is 44.3 Å². The number of nitrogens with zero attached hydrogens (tertiary/aromatic N) is 3. The van der Waals surface area contributed by atoms with Crippen LogP contribution in [0.15, 0.2) is 24.3 Å². The predicted octanol–water partition coefficient (Wildman–Crippen LogP) is 2.82. The standard InChI is InChI=1S/C20H26N4O3/c1-21-20-22-16(15-7-10-26-13-15)11-18(23-20)24-8-4-9-27-19-14(12-24)5-3-6-17(19)25-2/h3,5-6,11,15H,4,7-10,12-13H2,1-2H3,(H,21,22,23). The van der Waals surface area contributed by atoms with Gasteiger partial charge in [0.25, 0.3) is 0 Å². The highest BCUT2D eigenvalue weighted by Crippen LogP contribution is 2.34. The van der Waals surface area contributed by atoms with Crippen LogP contribution in [0.3, 0.4) is 0 Å². The van der Waals surface area contributed by atoms with Crippen LogP contribution in [0.1, 0.15) is 30.0 Å². The van der Waals surface area contributed by atoms with E-state index in [0.717, 1.165) is 61.2 Å². The van der Waals surface area contributed by atoms with Gasteiger partial charge in [0.2, 0.25) is 5.95 Å². The summed E-state index contributed by atoms with van der Waals surface area (Å²) in [6.07, 6.45) is 1.92. The van der Waals surface area contributed by atoms with E-state index in [0.29, 0.717) is 25.0 Å².